The lowest BCUT2D eigenvalue weighted by Crippen LogP contribution is -2.40. The van der Waals surface area contributed by atoms with Crippen LogP contribution in [0, 0.1) is 52.5 Å². The number of nitriles is 2. The molecule has 34 heavy (non-hydrogen) atoms. The van der Waals surface area contributed by atoms with E-state index in [0.717, 1.165) is 22.6 Å². The Labute approximate surface area is 196 Å². The molecule has 0 spiro atoms. The van der Waals surface area contributed by atoms with Crippen molar-refractivity contribution >= 4 is 23.2 Å². The number of hydrazone groups is 1. The molecule has 1 aromatic heterocycles. The van der Waals surface area contributed by atoms with Crippen molar-refractivity contribution in [2.45, 2.75) is 20.0 Å². The van der Waals surface area contributed by atoms with Gasteiger partial charge < -0.3 is 10.3 Å². The highest BCUT2D eigenvalue weighted by Crippen LogP contribution is 2.30. The minimum Gasteiger partial charge on any atom is -0.318 e. The third kappa shape index (κ3) is 3.92. The van der Waals surface area contributed by atoms with E-state index in [1.54, 1.807) is 23.2 Å². The van der Waals surface area contributed by atoms with Gasteiger partial charge in [0.1, 0.15) is 18.2 Å². The fourth-order valence-corrected chi connectivity index (χ4v) is 4.11. The van der Waals surface area contributed by atoms with Gasteiger partial charge in [0, 0.05) is 23.5 Å². The molecule has 2 aromatic carbocycles. The zero-order valence-corrected chi connectivity index (χ0v) is 18.6. The van der Waals surface area contributed by atoms with E-state index >= 15 is 0 Å². The SMILES string of the molecule is Cc1cc(/C=C(/C#N)C2=NN(c3ccccc3)[C@H](N)[C@H]2C#N)c(C)n1-c1cccc([N+](=O)[O-])c1. The maximum absolute atomic E-state index is 11.2. The smallest absolute Gasteiger partial charge is 0.271 e. The first-order valence-electron chi connectivity index (χ1n) is 10.5. The summed E-state index contributed by atoms with van der Waals surface area (Å²) in [6.45, 7) is 3.75. The summed E-state index contributed by atoms with van der Waals surface area (Å²) in [5.74, 6) is -0.786. The highest BCUT2D eigenvalue weighted by atomic mass is 16.6. The number of nitrogens with zero attached hydrogens (tertiary/aromatic N) is 6. The predicted molar refractivity (Wildman–Crippen MR) is 129 cm³/mol. The molecule has 0 saturated heterocycles. The van der Waals surface area contributed by atoms with Gasteiger partial charge in [0.05, 0.1) is 33.7 Å². The fourth-order valence-electron chi connectivity index (χ4n) is 4.11. The van der Waals surface area contributed by atoms with Crippen LogP contribution in [0.5, 0.6) is 0 Å². The van der Waals surface area contributed by atoms with Gasteiger partial charge in [-0.05, 0) is 49.8 Å². The molecule has 9 heteroatoms. The molecule has 0 bridgehead atoms. The Bertz CT molecular complexity index is 1410. The van der Waals surface area contributed by atoms with E-state index in [0.29, 0.717) is 11.4 Å². The van der Waals surface area contributed by atoms with Crippen LogP contribution < -0.4 is 10.7 Å². The maximum atomic E-state index is 11.2. The topological polar surface area (TPSA) is 137 Å². The first-order chi connectivity index (χ1) is 16.3. The number of para-hydroxylation sites is 1. The number of hydrogen-bond acceptors (Lipinski definition) is 7. The van der Waals surface area contributed by atoms with Crippen molar-refractivity contribution in [3.05, 3.63) is 93.3 Å². The van der Waals surface area contributed by atoms with Crippen LogP contribution in [0.4, 0.5) is 11.4 Å². The molecule has 0 amide bonds. The van der Waals surface area contributed by atoms with Gasteiger partial charge in [0.25, 0.3) is 5.69 Å². The van der Waals surface area contributed by atoms with Crippen LogP contribution >= 0.6 is 0 Å². The van der Waals surface area contributed by atoms with Gasteiger partial charge in [0.2, 0.25) is 0 Å². The van der Waals surface area contributed by atoms with Crippen molar-refractivity contribution < 1.29 is 4.92 Å². The number of allylic oxidation sites excluding steroid dienone is 1. The molecular weight excluding hydrogens is 430 g/mol. The summed E-state index contributed by atoms with van der Waals surface area (Å²) in [7, 11) is 0. The van der Waals surface area contributed by atoms with Gasteiger partial charge in [0.15, 0.2) is 0 Å². The summed E-state index contributed by atoms with van der Waals surface area (Å²) in [6, 6.07) is 21.8. The number of nitrogens with two attached hydrogens (primary N) is 1. The molecule has 0 aliphatic carbocycles. The number of rotatable bonds is 5. The van der Waals surface area contributed by atoms with Crippen LogP contribution in [0.1, 0.15) is 17.0 Å². The summed E-state index contributed by atoms with van der Waals surface area (Å²) in [5, 5.41) is 37.0. The number of aromatic nitrogens is 1. The molecule has 1 aliphatic rings. The molecule has 2 N–H and O–H groups in total. The van der Waals surface area contributed by atoms with Crippen LogP contribution in [0.25, 0.3) is 11.8 Å². The van der Waals surface area contributed by atoms with Gasteiger partial charge >= 0.3 is 0 Å². The first-order valence-corrected chi connectivity index (χ1v) is 10.5. The van der Waals surface area contributed by atoms with E-state index < -0.39 is 17.0 Å². The lowest BCUT2D eigenvalue weighted by Gasteiger charge is -2.21. The molecule has 1 aliphatic heterocycles. The monoisotopic (exact) mass is 451 g/mol. The summed E-state index contributed by atoms with van der Waals surface area (Å²) in [5.41, 5.74) is 10.6. The second-order valence-corrected chi connectivity index (χ2v) is 7.87. The van der Waals surface area contributed by atoms with Crippen molar-refractivity contribution in [3.8, 4) is 17.8 Å². The van der Waals surface area contributed by atoms with E-state index in [2.05, 4.69) is 17.2 Å². The second kappa shape index (κ2) is 9.02. The number of aryl methyl sites for hydroxylation is 1. The Morgan fingerprint density at radius 2 is 1.82 bits per heavy atom. The molecule has 3 aromatic rings. The van der Waals surface area contributed by atoms with E-state index in [4.69, 9.17) is 5.73 Å². The largest absolute Gasteiger partial charge is 0.318 e. The average molecular weight is 451 g/mol. The Kier molecular flexibility index (Phi) is 5.96. The van der Waals surface area contributed by atoms with Crippen LogP contribution in [0.3, 0.4) is 0 Å². The molecule has 4 rings (SSSR count). The highest BCUT2D eigenvalue weighted by Gasteiger charge is 2.37. The van der Waals surface area contributed by atoms with Crippen molar-refractivity contribution in [3.63, 3.8) is 0 Å². The number of benzene rings is 2. The van der Waals surface area contributed by atoms with Gasteiger partial charge in [-0.25, -0.2) is 5.01 Å². The number of nitro benzene ring substituents is 1. The van der Waals surface area contributed by atoms with Crippen LogP contribution in [-0.4, -0.2) is 21.4 Å². The van der Waals surface area contributed by atoms with Gasteiger partial charge in [-0.15, -0.1) is 0 Å². The van der Waals surface area contributed by atoms with E-state index in [1.165, 1.54) is 12.1 Å². The van der Waals surface area contributed by atoms with Gasteiger partial charge in [-0.3, -0.25) is 10.1 Å². The Morgan fingerprint density at radius 1 is 1.12 bits per heavy atom. The van der Waals surface area contributed by atoms with Gasteiger partial charge in [-0.1, -0.05) is 24.3 Å². The predicted octanol–water partition coefficient (Wildman–Crippen LogP) is 4.21. The fraction of sp³-hybridized carbons (Fsp3) is 0.160. The normalized spacial score (nSPS) is 17.7. The minimum atomic E-state index is -0.786. The summed E-state index contributed by atoms with van der Waals surface area (Å²) in [6.07, 6.45) is 0.956. The zero-order chi connectivity index (χ0) is 24.4. The van der Waals surface area contributed by atoms with Crippen molar-refractivity contribution in [1.82, 2.24) is 4.57 Å². The summed E-state index contributed by atoms with van der Waals surface area (Å²) < 4.78 is 1.88. The van der Waals surface area contributed by atoms with Crippen molar-refractivity contribution in [1.29, 1.82) is 10.5 Å². The Hall–Kier alpha value is -4.73. The minimum absolute atomic E-state index is 0.00744. The maximum Gasteiger partial charge on any atom is 0.271 e. The zero-order valence-electron chi connectivity index (χ0n) is 18.6. The second-order valence-electron chi connectivity index (χ2n) is 7.87. The summed E-state index contributed by atoms with van der Waals surface area (Å²) >= 11 is 0. The molecular formula is C25H21N7O2. The standard InChI is InChI=1S/C25H21N7O2/c1-16-11-18(17(2)30(16)21-9-6-10-22(13-21)32(33)34)12-19(14-26)24-23(15-27)25(28)31(29-24)20-7-4-3-5-8-20/h3-13,23,25H,28H2,1-2H3/b19-12-/t23-,25-/m0/s1. The molecule has 2 atom stereocenters. The third-order valence-corrected chi connectivity index (χ3v) is 5.76. The third-order valence-electron chi connectivity index (χ3n) is 5.76. The number of hydrogen-bond donors (Lipinski definition) is 1. The Balaban J connectivity index is 1.77. The lowest BCUT2D eigenvalue weighted by atomic mass is 9.95. The number of nitro groups is 1. The molecule has 9 nitrogen and oxygen atoms in total. The quantitative estimate of drug-likeness (QED) is 0.350. The molecule has 0 fully saturated rings. The summed E-state index contributed by atoms with van der Waals surface area (Å²) in [4.78, 5) is 10.8. The highest BCUT2D eigenvalue weighted by molar-refractivity contribution is 6.11. The van der Waals surface area contributed by atoms with Crippen LogP contribution in [-0.2, 0) is 0 Å². The van der Waals surface area contributed by atoms with Gasteiger partial charge in [-0.2, -0.15) is 15.6 Å². The van der Waals surface area contributed by atoms with E-state index in [-0.39, 0.29) is 11.3 Å². The lowest BCUT2D eigenvalue weighted by molar-refractivity contribution is -0.384. The molecule has 168 valence electrons. The molecule has 2 heterocycles. The molecule has 0 saturated carbocycles. The Morgan fingerprint density at radius 3 is 2.47 bits per heavy atom. The van der Waals surface area contributed by atoms with E-state index in [9.17, 15) is 20.6 Å². The van der Waals surface area contributed by atoms with Crippen molar-refractivity contribution in [2.75, 3.05) is 5.01 Å². The molecule has 0 radical (unpaired) electrons. The first kappa shape index (κ1) is 22.5. The van der Waals surface area contributed by atoms with E-state index in [1.807, 2.05) is 54.8 Å². The average Bonchev–Trinajstić information content (AvgIpc) is 3.32. The number of anilines is 1. The van der Waals surface area contributed by atoms with Crippen LogP contribution in [0.15, 0.2) is 71.3 Å². The van der Waals surface area contributed by atoms with Crippen LogP contribution in [0.2, 0.25) is 0 Å². The molecule has 0 unspecified atom stereocenters. The number of non-ortho nitro benzene ring substituents is 1. The van der Waals surface area contributed by atoms with Crippen molar-refractivity contribution in [2.24, 2.45) is 16.8 Å².